The lowest BCUT2D eigenvalue weighted by molar-refractivity contribution is -0.157. The first-order chi connectivity index (χ1) is 14.3. The fourth-order valence-corrected chi connectivity index (χ4v) is 3.02. The van der Waals surface area contributed by atoms with Crippen LogP contribution in [0.4, 0.5) is 13.2 Å². The van der Waals surface area contributed by atoms with E-state index >= 15 is 0 Å². The van der Waals surface area contributed by atoms with Crippen LogP contribution < -0.4 is 10.6 Å². The van der Waals surface area contributed by atoms with Gasteiger partial charge >= 0.3 is 6.18 Å². The van der Waals surface area contributed by atoms with Crippen molar-refractivity contribution in [2.75, 3.05) is 53.0 Å². The standard InChI is InChI=1S/C20H30F3N5O2/c1-3-24-19(26-13-18(29)27(2)15-20(21,22)23)25-12-16-6-4-5-7-17(16)14-28-8-10-30-11-9-28/h4-7H,3,8-15H2,1-2H3,(H2,24,25,26). The highest BCUT2D eigenvalue weighted by Gasteiger charge is 2.31. The lowest BCUT2D eigenvalue weighted by Gasteiger charge is -2.27. The Morgan fingerprint density at radius 1 is 1.20 bits per heavy atom. The number of halogens is 3. The molecule has 0 spiro atoms. The third-order valence-corrected chi connectivity index (χ3v) is 4.62. The van der Waals surface area contributed by atoms with Gasteiger partial charge in [-0.25, -0.2) is 4.99 Å². The van der Waals surface area contributed by atoms with Gasteiger partial charge in [-0.05, 0) is 18.1 Å². The summed E-state index contributed by atoms with van der Waals surface area (Å²) in [7, 11) is 1.13. The molecule has 0 unspecified atom stereocenters. The average molecular weight is 429 g/mol. The molecule has 10 heteroatoms. The van der Waals surface area contributed by atoms with Crippen molar-refractivity contribution in [3.63, 3.8) is 0 Å². The molecular weight excluding hydrogens is 399 g/mol. The van der Waals surface area contributed by atoms with Crippen LogP contribution >= 0.6 is 0 Å². The molecule has 1 aliphatic rings. The van der Waals surface area contributed by atoms with E-state index in [2.05, 4.69) is 26.6 Å². The summed E-state index contributed by atoms with van der Waals surface area (Å²) in [6.07, 6.45) is -4.42. The molecule has 168 valence electrons. The number of alkyl halides is 3. The molecule has 0 aliphatic carbocycles. The summed E-state index contributed by atoms with van der Waals surface area (Å²) in [6.45, 7) is 5.31. The minimum Gasteiger partial charge on any atom is -0.379 e. The van der Waals surface area contributed by atoms with Crippen molar-refractivity contribution in [2.45, 2.75) is 26.2 Å². The Morgan fingerprint density at radius 2 is 1.87 bits per heavy atom. The van der Waals surface area contributed by atoms with Gasteiger partial charge in [0.1, 0.15) is 6.54 Å². The second kappa shape index (κ2) is 11.8. The summed E-state index contributed by atoms with van der Waals surface area (Å²) in [5, 5.41) is 5.83. The van der Waals surface area contributed by atoms with Gasteiger partial charge in [0.05, 0.1) is 26.3 Å². The number of morpholine rings is 1. The molecule has 1 aromatic carbocycles. The molecule has 1 saturated heterocycles. The number of ether oxygens (including phenoxy) is 1. The van der Waals surface area contributed by atoms with Crippen molar-refractivity contribution in [2.24, 2.45) is 4.99 Å². The zero-order chi connectivity index (χ0) is 22.0. The Balaban J connectivity index is 1.96. The summed E-state index contributed by atoms with van der Waals surface area (Å²) in [6, 6.07) is 8.01. The van der Waals surface area contributed by atoms with Crippen molar-refractivity contribution >= 4 is 11.9 Å². The fraction of sp³-hybridized carbons (Fsp3) is 0.600. The molecule has 1 heterocycles. The largest absolute Gasteiger partial charge is 0.406 e. The van der Waals surface area contributed by atoms with E-state index in [0.29, 0.717) is 23.9 Å². The number of benzene rings is 1. The van der Waals surface area contributed by atoms with Gasteiger partial charge in [-0.3, -0.25) is 9.69 Å². The number of guanidine groups is 1. The van der Waals surface area contributed by atoms with Gasteiger partial charge in [0, 0.05) is 33.2 Å². The van der Waals surface area contributed by atoms with Gasteiger partial charge in [-0.1, -0.05) is 24.3 Å². The molecular formula is C20H30F3N5O2. The molecule has 1 amide bonds. The topological polar surface area (TPSA) is 69.2 Å². The number of rotatable bonds is 8. The molecule has 0 bridgehead atoms. The number of likely N-dealkylation sites (N-methyl/N-ethyl adjacent to an activating group) is 1. The summed E-state index contributed by atoms with van der Waals surface area (Å²) in [5.74, 6) is -0.280. The van der Waals surface area contributed by atoms with Crippen molar-refractivity contribution < 1.29 is 22.7 Å². The van der Waals surface area contributed by atoms with Gasteiger partial charge < -0.3 is 20.3 Å². The third kappa shape index (κ3) is 8.58. The van der Waals surface area contributed by atoms with Crippen molar-refractivity contribution in [1.82, 2.24) is 20.4 Å². The number of nitrogens with zero attached hydrogens (tertiary/aromatic N) is 3. The zero-order valence-corrected chi connectivity index (χ0v) is 17.5. The number of aliphatic imine (C=N–C) groups is 1. The van der Waals surface area contributed by atoms with E-state index in [4.69, 9.17) is 4.74 Å². The monoisotopic (exact) mass is 429 g/mol. The molecule has 2 rings (SSSR count). The van der Waals surface area contributed by atoms with Crippen LogP contribution in [0.2, 0.25) is 0 Å². The predicted molar refractivity (Wildman–Crippen MR) is 109 cm³/mol. The number of carbonyl (C=O) groups is 1. The minimum absolute atomic E-state index is 0.270. The van der Waals surface area contributed by atoms with E-state index in [0.717, 1.165) is 45.5 Å². The molecule has 0 radical (unpaired) electrons. The molecule has 30 heavy (non-hydrogen) atoms. The first kappa shape index (κ1) is 23.9. The van der Waals surface area contributed by atoms with E-state index < -0.39 is 18.6 Å². The molecule has 1 aromatic rings. The molecule has 1 fully saturated rings. The van der Waals surface area contributed by atoms with Crippen LogP contribution in [0, 0.1) is 0 Å². The lowest BCUT2D eigenvalue weighted by Crippen LogP contribution is -2.45. The van der Waals surface area contributed by atoms with Crippen molar-refractivity contribution in [3.05, 3.63) is 35.4 Å². The van der Waals surface area contributed by atoms with Crippen LogP contribution in [-0.2, 0) is 22.6 Å². The zero-order valence-electron chi connectivity index (χ0n) is 17.5. The second-order valence-corrected chi connectivity index (χ2v) is 7.07. The van der Waals surface area contributed by atoms with Gasteiger partial charge in [-0.15, -0.1) is 0 Å². The highest BCUT2D eigenvalue weighted by atomic mass is 19.4. The number of amides is 1. The Labute approximate surface area is 175 Å². The average Bonchev–Trinajstić information content (AvgIpc) is 2.70. The Hall–Kier alpha value is -2.33. The Kier molecular flexibility index (Phi) is 9.38. The van der Waals surface area contributed by atoms with Crippen LogP contribution in [0.25, 0.3) is 0 Å². The molecule has 0 saturated carbocycles. The number of carbonyl (C=O) groups excluding carboxylic acids is 1. The van der Waals surface area contributed by atoms with Gasteiger partial charge in [0.15, 0.2) is 5.96 Å². The lowest BCUT2D eigenvalue weighted by atomic mass is 10.1. The van der Waals surface area contributed by atoms with E-state index in [9.17, 15) is 18.0 Å². The van der Waals surface area contributed by atoms with Gasteiger partial charge in [0.2, 0.25) is 5.91 Å². The maximum atomic E-state index is 12.4. The molecule has 2 N–H and O–H groups in total. The molecule has 7 nitrogen and oxygen atoms in total. The highest BCUT2D eigenvalue weighted by Crippen LogP contribution is 2.16. The maximum absolute atomic E-state index is 12.4. The Bertz CT molecular complexity index is 706. The Morgan fingerprint density at radius 3 is 2.50 bits per heavy atom. The quantitative estimate of drug-likeness (QED) is 0.485. The summed E-state index contributed by atoms with van der Waals surface area (Å²) < 4.78 is 42.7. The molecule has 0 atom stereocenters. The second-order valence-electron chi connectivity index (χ2n) is 7.07. The van der Waals surface area contributed by atoms with Crippen molar-refractivity contribution in [1.29, 1.82) is 0 Å². The van der Waals surface area contributed by atoms with Crippen LogP contribution in [0.5, 0.6) is 0 Å². The number of nitrogens with one attached hydrogen (secondary N) is 2. The summed E-state index contributed by atoms with van der Waals surface area (Å²) >= 11 is 0. The SMILES string of the molecule is CCNC(=NCc1ccccc1CN1CCOCC1)NCC(=O)N(C)CC(F)(F)F. The number of hydrogen-bond acceptors (Lipinski definition) is 4. The highest BCUT2D eigenvalue weighted by molar-refractivity contribution is 5.86. The summed E-state index contributed by atoms with van der Waals surface area (Å²) in [5.41, 5.74) is 2.22. The summed E-state index contributed by atoms with van der Waals surface area (Å²) in [4.78, 5) is 19.4. The van der Waals surface area contributed by atoms with E-state index in [1.807, 2.05) is 25.1 Å². The minimum atomic E-state index is -4.42. The van der Waals surface area contributed by atoms with Crippen LogP contribution in [0.15, 0.2) is 29.3 Å². The van der Waals surface area contributed by atoms with Crippen molar-refractivity contribution in [3.8, 4) is 0 Å². The van der Waals surface area contributed by atoms with Gasteiger partial charge in [-0.2, -0.15) is 13.2 Å². The van der Waals surface area contributed by atoms with E-state index in [1.165, 1.54) is 5.56 Å². The van der Waals surface area contributed by atoms with Crippen LogP contribution in [0.1, 0.15) is 18.1 Å². The van der Waals surface area contributed by atoms with Crippen LogP contribution in [-0.4, -0.2) is 80.8 Å². The van der Waals surface area contributed by atoms with E-state index in [-0.39, 0.29) is 6.54 Å². The fourth-order valence-electron chi connectivity index (χ4n) is 3.02. The van der Waals surface area contributed by atoms with Crippen LogP contribution in [0.3, 0.4) is 0 Å². The van der Waals surface area contributed by atoms with Gasteiger partial charge in [0.25, 0.3) is 0 Å². The number of hydrogen-bond donors (Lipinski definition) is 2. The molecule has 0 aromatic heterocycles. The molecule has 1 aliphatic heterocycles. The third-order valence-electron chi connectivity index (χ3n) is 4.62. The predicted octanol–water partition coefficient (Wildman–Crippen LogP) is 1.59. The first-order valence-electron chi connectivity index (χ1n) is 9.98. The van der Waals surface area contributed by atoms with E-state index in [1.54, 1.807) is 0 Å². The first-order valence-corrected chi connectivity index (χ1v) is 9.98. The maximum Gasteiger partial charge on any atom is 0.406 e. The normalized spacial score (nSPS) is 15.7. The smallest absolute Gasteiger partial charge is 0.379 e.